The number of esters is 1. The average Bonchev–Trinajstić information content (AvgIpc) is 2.82. The molecule has 1 aliphatic heterocycles. The van der Waals surface area contributed by atoms with Crippen molar-refractivity contribution >= 4 is 23.6 Å². The minimum Gasteiger partial charge on any atom is -0.457 e. The van der Waals surface area contributed by atoms with Gasteiger partial charge in [-0.05, 0) is 18.2 Å². The number of benzene rings is 2. The number of carbonyl (C=O) groups is 2. The first-order valence-corrected chi connectivity index (χ1v) is 5.90. The molecule has 3 rings (SSSR count). The summed E-state index contributed by atoms with van der Waals surface area (Å²) < 4.78 is 5.01. The van der Waals surface area contributed by atoms with E-state index in [2.05, 4.69) is 5.32 Å². The molecule has 0 aromatic heterocycles. The van der Waals surface area contributed by atoms with Crippen molar-refractivity contribution in [3.63, 3.8) is 0 Å². The van der Waals surface area contributed by atoms with Crippen LogP contribution in [0.1, 0.15) is 26.3 Å². The van der Waals surface area contributed by atoms with Crippen LogP contribution in [0, 0.1) is 0 Å². The highest BCUT2D eigenvalue weighted by molar-refractivity contribution is 6.00. The van der Waals surface area contributed by atoms with Crippen LogP contribution in [0.3, 0.4) is 0 Å². The number of anilines is 2. The Kier molecular flexibility index (Phi) is 2.76. The molecule has 1 aliphatic rings. The molecule has 0 aliphatic carbocycles. The van der Waals surface area contributed by atoms with Gasteiger partial charge in [0.05, 0.1) is 11.3 Å². The number of hydrogen-bond acceptors (Lipinski definition) is 4. The summed E-state index contributed by atoms with van der Waals surface area (Å²) in [6.07, 6.45) is 0.782. The summed E-state index contributed by atoms with van der Waals surface area (Å²) in [6.45, 7) is 0.305. The quantitative estimate of drug-likeness (QED) is 0.675. The van der Waals surface area contributed by atoms with Crippen LogP contribution in [0.25, 0.3) is 0 Å². The molecule has 1 N–H and O–H groups in total. The fraction of sp³-hybridized carbons (Fsp3) is 0.0667. The van der Waals surface area contributed by atoms with Crippen LogP contribution in [0.4, 0.5) is 11.4 Å². The molecule has 0 bridgehead atoms. The Bertz CT molecular complexity index is 664. The molecule has 4 heteroatoms. The SMILES string of the molecule is O=Cc1ccccc1Nc1cccc2c1C(=O)OC2. The summed E-state index contributed by atoms with van der Waals surface area (Å²) in [6, 6.07) is 12.6. The molecule has 0 unspecified atom stereocenters. The number of ether oxygens (including phenoxy) is 1. The van der Waals surface area contributed by atoms with E-state index in [-0.39, 0.29) is 5.97 Å². The van der Waals surface area contributed by atoms with E-state index in [0.717, 1.165) is 11.8 Å². The van der Waals surface area contributed by atoms with Gasteiger partial charge in [0, 0.05) is 16.8 Å². The van der Waals surface area contributed by atoms with Crippen LogP contribution < -0.4 is 5.32 Å². The van der Waals surface area contributed by atoms with E-state index in [1.165, 1.54) is 0 Å². The molecule has 0 saturated heterocycles. The van der Waals surface area contributed by atoms with E-state index >= 15 is 0 Å². The third-order valence-electron chi connectivity index (χ3n) is 3.07. The van der Waals surface area contributed by atoms with Crippen LogP contribution in [0.2, 0.25) is 0 Å². The molecule has 0 spiro atoms. The summed E-state index contributed by atoms with van der Waals surface area (Å²) in [5, 5.41) is 3.12. The molecule has 19 heavy (non-hydrogen) atoms. The largest absolute Gasteiger partial charge is 0.457 e. The zero-order valence-electron chi connectivity index (χ0n) is 10.1. The third kappa shape index (κ3) is 1.97. The zero-order chi connectivity index (χ0) is 13.2. The van der Waals surface area contributed by atoms with Gasteiger partial charge < -0.3 is 10.1 Å². The summed E-state index contributed by atoms with van der Waals surface area (Å²) in [7, 11) is 0. The van der Waals surface area contributed by atoms with Gasteiger partial charge in [0.2, 0.25) is 0 Å². The number of aldehydes is 1. The van der Waals surface area contributed by atoms with Crippen LogP contribution in [0.5, 0.6) is 0 Å². The van der Waals surface area contributed by atoms with Crippen LogP contribution >= 0.6 is 0 Å². The summed E-state index contributed by atoms with van der Waals surface area (Å²) in [4.78, 5) is 22.7. The number of para-hydroxylation sites is 1. The maximum Gasteiger partial charge on any atom is 0.341 e. The van der Waals surface area contributed by atoms with Gasteiger partial charge in [0.25, 0.3) is 0 Å². The Hall–Kier alpha value is -2.62. The van der Waals surface area contributed by atoms with Gasteiger partial charge in [-0.25, -0.2) is 4.79 Å². The van der Waals surface area contributed by atoms with Gasteiger partial charge >= 0.3 is 5.97 Å². The Balaban J connectivity index is 2.03. The van der Waals surface area contributed by atoms with Crippen molar-refractivity contribution in [2.45, 2.75) is 6.61 Å². The van der Waals surface area contributed by atoms with E-state index in [4.69, 9.17) is 4.74 Å². The maximum atomic E-state index is 11.7. The van der Waals surface area contributed by atoms with Crippen molar-refractivity contribution in [3.05, 3.63) is 59.2 Å². The molecule has 1 heterocycles. The molecule has 0 fully saturated rings. The number of rotatable bonds is 3. The molecule has 4 nitrogen and oxygen atoms in total. The summed E-state index contributed by atoms with van der Waals surface area (Å²) >= 11 is 0. The lowest BCUT2D eigenvalue weighted by Gasteiger charge is -2.10. The first-order chi connectivity index (χ1) is 9.29. The molecule has 2 aromatic carbocycles. The highest BCUT2D eigenvalue weighted by Gasteiger charge is 2.24. The molecule has 0 saturated carbocycles. The average molecular weight is 253 g/mol. The first kappa shape index (κ1) is 11.5. The topological polar surface area (TPSA) is 55.4 Å². The highest BCUT2D eigenvalue weighted by Crippen LogP contribution is 2.30. The predicted molar refractivity (Wildman–Crippen MR) is 70.7 cm³/mol. The van der Waals surface area contributed by atoms with E-state index in [9.17, 15) is 9.59 Å². The van der Waals surface area contributed by atoms with Crippen LogP contribution in [-0.4, -0.2) is 12.3 Å². The normalized spacial score (nSPS) is 12.7. The van der Waals surface area contributed by atoms with Gasteiger partial charge in [0.1, 0.15) is 6.61 Å². The number of carbonyl (C=O) groups excluding carboxylic acids is 2. The van der Waals surface area contributed by atoms with Gasteiger partial charge in [-0.2, -0.15) is 0 Å². The molecule has 0 atom stereocenters. The second kappa shape index (κ2) is 4.57. The molecule has 0 amide bonds. The predicted octanol–water partition coefficient (Wildman–Crippen LogP) is 2.91. The Morgan fingerprint density at radius 2 is 1.84 bits per heavy atom. The van der Waals surface area contributed by atoms with Crippen molar-refractivity contribution in [2.75, 3.05) is 5.32 Å². The second-order valence-electron chi connectivity index (χ2n) is 4.25. The maximum absolute atomic E-state index is 11.7. The number of fused-ring (bicyclic) bond motifs is 1. The fourth-order valence-corrected chi connectivity index (χ4v) is 2.14. The molecular formula is C15H11NO3. The lowest BCUT2D eigenvalue weighted by Crippen LogP contribution is -2.02. The van der Waals surface area contributed by atoms with E-state index in [0.29, 0.717) is 29.1 Å². The second-order valence-corrected chi connectivity index (χ2v) is 4.25. The van der Waals surface area contributed by atoms with E-state index in [1.807, 2.05) is 18.2 Å². The standard InChI is InChI=1S/C15H11NO3/c17-8-10-4-1-2-6-12(10)16-13-7-3-5-11-9-19-15(18)14(11)13/h1-8,16H,9H2. The zero-order valence-corrected chi connectivity index (χ0v) is 10.1. The Labute approximate surface area is 110 Å². The molecule has 94 valence electrons. The highest BCUT2D eigenvalue weighted by atomic mass is 16.5. The number of hydrogen-bond donors (Lipinski definition) is 1. The van der Waals surface area contributed by atoms with Crippen molar-refractivity contribution in [3.8, 4) is 0 Å². The number of cyclic esters (lactones) is 1. The van der Waals surface area contributed by atoms with Gasteiger partial charge in [0.15, 0.2) is 6.29 Å². The minimum absolute atomic E-state index is 0.305. The van der Waals surface area contributed by atoms with Crippen LogP contribution in [-0.2, 0) is 11.3 Å². The Morgan fingerprint density at radius 3 is 2.68 bits per heavy atom. The monoisotopic (exact) mass is 253 g/mol. The fourth-order valence-electron chi connectivity index (χ4n) is 2.14. The summed E-state index contributed by atoms with van der Waals surface area (Å²) in [5.74, 6) is -0.332. The summed E-state index contributed by atoms with van der Waals surface area (Å²) in [5.41, 5.74) is 3.29. The molecule has 2 aromatic rings. The van der Waals surface area contributed by atoms with Crippen molar-refractivity contribution in [1.82, 2.24) is 0 Å². The van der Waals surface area contributed by atoms with Crippen molar-refractivity contribution in [1.29, 1.82) is 0 Å². The minimum atomic E-state index is -0.332. The molecule has 0 radical (unpaired) electrons. The molecular weight excluding hydrogens is 242 g/mol. The lowest BCUT2D eigenvalue weighted by molar-refractivity contribution is 0.0535. The van der Waals surface area contributed by atoms with Crippen LogP contribution in [0.15, 0.2) is 42.5 Å². The smallest absolute Gasteiger partial charge is 0.341 e. The number of nitrogens with one attached hydrogen (secondary N) is 1. The van der Waals surface area contributed by atoms with Crippen molar-refractivity contribution < 1.29 is 14.3 Å². The third-order valence-corrected chi connectivity index (χ3v) is 3.07. The first-order valence-electron chi connectivity index (χ1n) is 5.90. The van der Waals surface area contributed by atoms with Gasteiger partial charge in [-0.15, -0.1) is 0 Å². The van der Waals surface area contributed by atoms with Gasteiger partial charge in [-0.1, -0.05) is 24.3 Å². The Morgan fingerprint density at radius 1 is 1.05 bits per heavy atom. The van der Waals surface area contributed by atoms with E-state index < -0.39 is 0 Å². The van der Waals surface area contributed by atoms with E-state index in [1.54, 1.807) is 24.3 Å². The van der Waals surface area contributed by atoms with Gasteiger partial charge in [-0.3, -0.25) is 4.79 Å². The van der Waals surface area contributed by atoms with Crippen molar-refractivity contribution in [2.24, 2.45) is 0 Å². The lowest BCUT2D eigenvalue weighted by atomic mass is 10.1.